The summed E-state index contributed by atoms with van der Waals surface area (Å²) in [5.74, 6) is 0.422. The molecule has 1 aromatic carbocycles. The number of carbonyl (C=O) groups is 1. The fraction of sp³-hybridized carbons (Fsp3) is 0.609. The summed E-state index contributed by atoms with van der Waals surface area (Å²) in [6, 6.07) is 5.81. The molecule has 3 N–H and O–H groups in total. The molecule has 1 saturated carbocycles. The van der Waals surface area contributed by atoms with Gasteiger partial charge in [0, 0.05) is 5.92 Å². The Labute approximate surface area is 167 Å². The number of unbranched alkanes of at least 4 members (excludes halogenated alkanes) is 2. The highest BCUT2D eigenvalue weighted by Crippen LogP contribution is 2.47. The topological polar surface area (TPSA) is 87.0 Å². The Hall–Kier alpha value is -1.85. The molecule has 1 aromatic rings. The van der Waals surface area contributed by atoms with Crippen molar-refractivity contribution >= 4 is 5.97 Å². The molecule has 5 heteroatoms. The van der Waals surface area contributed by atoms with E-state index in [-0.39, 0.29) is 12.5 Å². The number of rotatable bonds is 9. The van der Waals surface area contributed by atoms with Gasteiger partial charge >= 0.3 is 5.97 Å². The molecule has 0 heterocycles. The number of fused-ring (bicyclic) bond motifs is 2. The number of aliphatic hydroxyl groups is 2. The van der Waals surface area contributed by atoms with Crippen LogP contribution in [0.3, 0.4) is 0 Å². The molecule has 0 amide bonds. The third-order valence-corrected chi connectivity index (χ3v) is 6.25. The Bertz CT molecular complexity index is 698. The van der Waals surface area contributed by atoms with Crippen molar-refractivity contribution in [2.75, 3.05) is 6.61 Å². The summed E-state index contributed by atoms with van der Waals surface area (Å²) in [6.45, 7) is 1.81. The highest BCUT2D eigenvalue weighted by atomic mass is 16.5. The largest absolute Gasteiger partial charge is 0.482 e. The lowest BCUT2D eigenvalue weighted by molar-refractivity contribution is -0.139. The Morgan fingerprint density at radius 1 is 1.32 bits per heavy atom. The summed E-state index contributed by atoms with van der Waals surface area (Å²) < 4.78 is 5.48. The van der Waals surface area contributed by atoms with Crippen molar-refractivity contribution in [3.63, 3.8) is 0 Å². The summed E-state index contributed by atoms with van der Waals surface area (Å²) in [4.78, 5) is 10.8. The van der Waals surface area contributed by atoms with Gasteiger partial charge in [0.2, 0.25) is 0 Å². The van der Waals surface area contributed by atoms with Crippen LogP contribution in [-0.2, 0) is 17.6 Å². The molecule has 5 atom stereocenters. The van der Waals surface area contributed by atoms with Crippen LogP contribution in [0.4, 0.5) is 0 Å². The lowest BCUT2D eigenvalue weighted by Gasteiger charge is -2.31. The number of ether oxygens (including phenoxy) is 1. The van der Waals surface area contributed by atoms with Gasteiger partial charge in [-0.2, -0.15) is 0 Å². The number of aliphatic hydroxyl groups excluding tert-OH is 2. The first-order valence-electron chi connectivity index (χ1n) is 10.5. The Morgan fingerprint density at radius 3 is 2.89 bits per heavy atom. The molecule has 0 saturated heterocycles. The van der Waals surface area contributed by atoms with Gasteiger partial charge in [0.1, 0.15) is 5.75 Å². The van der Waals surface area contributed by atoms with Crippen molar-refractivity contribution in [3.8, 4) is 5.75 Å². The maximum Gasteiger partial charge on any atom is 0.341 e. The second-order valence-corrected chi connectivity index (χ2v) is 8.24. The molecule has 3 rings (SSSR count). The molecule has 2 aliphatic rings. The van der Waals surface area contributed by atoms with E-state index < -0.39 is 18.2 Å². The van der Waals surface area contributed by atoms with Gasteiger partial charge in [0.15, 0.2) is 6.61 Å². The minimum absolute atomic E-state index is 0.0579. The summed E-state index contributed by atoms with van der Waals surface area (Å²) in [5, 5.41) is 29.7. The molecule has 0 aliphatic heterocycles. The van der Waals surface area contributed by atoms with Crippen LogP contribution in [0.5, 0.6) is 5.75 Å². The Balaban J connectivity index is 1.69. The van der Waals surface area contributed by atoms with Crippen molar-refractivity contribution in [1.29, 1.82) is 0 Å². The highest BCUT2D eigenvalue weighted by molar-refractivity contribution is 5.68. The lowest BCUT2D eigenvalue weighted by atomic mass is 9.74. The fourth-order valence-electron chi connectivity index (χ4n) is 4.83. The monoisotopic (exact) mass is 388 g/mol. The fourth-order valence-corrected chi connectivity index (χ4v) is 4.83. The first-order valence-corrected chi connectivity index (χ1v) is 10.5. The normalized spacial score (nSPS) is 27.4. The maximum absolute atomic E-state index is 10.8. The zero-order chi connectivity index (χ0) is 20.1. The standard InChI is InChI=1S/C23H32O5/c1-2-3-4-7-17(24)9-10-18-19-11-15-6-5-8-22(28-14-23(26)27)20(15)12-16(19)13-21(18)25/h5-6,8-10,16-19,21,24-25H,2-4,7,11-14H2,1H3,(H,26,27)/t16?,17-,18+,19-,21+/m0/s1. The summed E-state index contributed by atoms with van der Waals surface area (Å²) >= 11 is 0. The van der Waals surface area contributed by atoms with Gasteiger partial charge in [-0.3, -0.25) is 0 Å². The summed E-state index contributed by atoms with van der Waals surface area (Å²) in [5.41, 5.74) is 2.27. The quantitative estimate of drug-likeness (QED) is 0.446. The molecule has 2 aliphatic carbocycles. The molecular weight excluding hydrogens is 356 g/mol. The molecule has 0 radical (unpaired) electrons. The van der Waals surface area contributed by atoms with Crippen LogP contribution in [0.25, 0.3) is 0 Å². The number of hydrogen-bond donors (Lipinski definition) is 3. The van der Waals surface area contributed by atoms with Crippen molar-refractivity contribution in [2.45, 2.75) is 64.1 Å². The van der Waals surface area contributed by atoms with E-state index in [0.717, 1.165) is 50.5 Å². The summed E-state index contributed by atoms with van der Waals surface area (Å²) in [7, 11) is 0. The summed E-state index contributed by atoms with van der Waals surface area (Å²) in [6.07, 6.45) is 9.51. The molecule has 0 spiro atoms. The molecule has 154 valence electrons. The first kappa shape index (κ1) is 20.9. The molecule has 0 bridgehead atoms. The predicted molar refractivity (Wildman–Crippen MR) is 107 cm³/mol. The zero-order valence-corrected chi connectivity index (χ0v) is 16.6. The van der Waals surface area contributed by atoms with E-state index in [2.05, 4.69) is 13.0 Å². The number of benzene rings is 1. The molecule has 1 fully saturated rings. The van der Waals surface area contributed by atoms with Crippen molar-refractivity contribution in [1.82, 2.24) is 0 Å². The predicted octanol–water partition coefficient (Wildman–Crippen LogP) is 3.36. The van der Waals surface area contributed by atoms with Crippen molar-refractivity contribution < 1.29 is 24.9 Å². The van der Waals surface area contributed by atoms with E-state index in [1.165, 1.54) is 5.56 Å². The average Bonchev–Trinajstić information content (AvgIpc) is 2.97. The van der Waals surface area contributed by atoms with Gasteiger partial charge in [-0.15, -0.1) is 0 Å². The van der Waals surface area contributed by atoms with Gasteiger partial charge in [-0.25, -0.2) is 4.79 Å². The molecule has 1 unspecified atom stereocenters. The van der Waals surface area contributed by atoms with Crippen LogP contribution in [0.2, 0.25) is 0 Å². The number of carboxylic acid groups (broad SMARTS) is 1. The third kappa shape index (κ3) is 4.95. The molecular formula is C23H32O5. The number of hydrogen-bond acceptors (Lipinski definition) is 4. The second-order valence-electron chi connectivity index (χ2n) is 8.24. The van der Waals surface area contributed by atoms with Crippen LogP contribution in [-0.4, -0.2) is 40.1 Å². The minimum Gasteiger partial charge on any atom is -0.482 e. The molecule has 0 aromatic heterocycles. The Kier molecular flexibility index (Phi) is 7.13. The van der Waals surface area contributed by atoms with Crippen LogP contribution in [0, 0.1) is 17.8 Å². The minimum atomic E-state index is -0.981. The lowest BCUT2D eigenvalue weighted by Crippen LogP contribution is -2.26. The van der Waals surface area contributed by atoms with Gasteiger partial charge in [-0.05, 0) is 54.7 Å². The number of carboxylic acids is 1. The molecule has 5 nitrogen and oxygen atoms in total. The SMILES string of the molecule is CCCCC[C@H](O)C=C[C@H]1[C@H](O)CC2Cc3c(cccc3OCC(=O)O)C[C@@H]21. The zero-order valence-electron chi connectivity index (χ0n) is 16.6. The van der Waals surface area contributed by atoms with Gasteiger partial charge in [0.05, 0.1) is 12.2 Å². The van der Waals surface area contributed by atoms with E-state index in [1.54, 1.807) is 0 Å². The van der Waals surface area contributed by atoms with Crippen LogP contribution in [0.15, 0.2) is 30.4 Å². The van der Waals surface area contributed by atoms with Crippen LogP contribution < -0.4 is 4.74 Å². The van der Waals surface area contributed by atoms with Gasteiger partial charge in [-0.1, -0.05) is 50.5 Å². The smallest absolute Gasteiger partial charge is 0.341 e. The van der Waals surface area contributed by atoms with E-state index in [9.17, 15) is 15.0 Å². The first-order chi connectivity index (χ1) is 13.5. The van der Waals surface area contributed by atoms with E-state index in [4.69, 9.17) is 9.84 Å². The highest BCUT2D eigenvalue weighted by Gasteiger charge is 2.44. The van der Waals surface area contributed by atoms with Crippen molar-refractivity contribution in [3.05, 3.63) is 41.5 Å². The van der Waals surface area contributed by atoms with E-state index >= 15 is 0 Å². The van der Waals surface area contributed by atoms with Crippen LogP contribution >= 0.6 is 0 Å². The third-order valence-electron chi connectivity index (χ3n) is 6.25. The van der Waals surface area contributed by atoms with Crippen LogP contribution in [0.1, 0.15) is 50.2 Å². The second kappa shape index (κ2) is 9.57. The van der Waals surface area contributed by atoms with E-state index in [0.29, 0.717) is 17.6 Å². The maximum atomic E-state index is 10.8. The van der Waals surface area contributed by atoms with E-state index in [1.807, 2.05) is 24.3 Å². The molecule has 28 heavy (non-hydrogen) atoms. The Morgan fingerprint density at radius 2 is 2.14 bits per heavy atom. The average molecular weight is 389 g/mol. The van der Waals surface area contributed by atoms with Crippen molar-refractivity contribution in [2.24, 2.45) is 17.8 Å². The number of aliphatic carboxylic acids is 1. The van der Waals surface area contributed by atoms with Gasteiger partial charge < -0.3 is 20.1 Å². The van der Waals surface area contributed by atoms with Gasteiger partial charge in [0.25, 0.3) is 0 Å².